The van der Waals surface area contributed by atoms with E-state index in [-0.39, 0.29) is 0 Å². The zero-order valence-electron chi connectivity index (χ0n) is 10.1. The molecule has 2 aromatic rings. The number of hydrogen-bond acceptors (Lipinski definition) is 4. The first-order valence-corrected chi connectivity index (χ1v) is 6.34. The predicted octanol–water partition coefficient (Wildman–Crippen LogP) is 2.68. The summed E-state index contributed by atoms with van der Waals surface area (Å²) in [6.45, 7) is 1.42. The van der Waals surface area contributed by atoms with Crippen molar-refractivity contribution in [3.63, 3.8) is 0 Å². The van der Waals surface area contributed by atoms with Gasteiger partial charge in [0.1, 0.15) is 5.01 Å². The lowest BCUT2D eigenvalue weighted by Crippen LogP contribution is -2.04. The summed E-state index contributed by atoms with van der Waals surface area (Å²) in [6, 6.07) is 10.3. The molecule has 0 fully saturated rings. The summed E-state index contributed by atoms with van der Waals surface area (Å²) in [5.74, 6) is 0. The number of hydrogen-bond donors (Lipinski definition) is 1. The molecule has 1 N–H and O–H groups in total. The van der Waals surface area contributed by atoms with Crippen LogP contribution in [-0.2, 0) is 17.9 Å². The fraction of sp³-hybridized carbons (Fsp3) is 0.308. The van der Waals surface area contributed by atoms with Crippen LogP contribution in [0, 0.1) is 0 Å². The van der Waals surface area contributed by atoms with Crippen LogP contribution in [0.3, 0.4) is 0 Å². The minimum absolute atomic E-state index is 0.578. The number of methoxy groups -OCH3 is 1. The first-order valence-electron chi connectivity index (χ1n) is 5.52. The second kappa shape index (κ2) is 5.91. The fourth-order valence-corrected chi connectivity index (χ4v) is 2.76. The normalized spacial score (nSPS) is 10.7. The zero-order chi connectivity index (χ0) is 12.1. The Morgan fingerprint density at radius 2 is 2.06 bits per heavy atom. The summed E-state index contributed by atoms with van der Waals surface area (Å²) in [5.41, 5.74) is 2.23. The van der Waals surface area contributed by atoms with Crippen LogP contribution in [0.15, 0.2) is 30.3 Å². The lowest BCUT2D eigenvalue weighted by molar-refractivity contribution is 0.184. The molecular weight excluding hydrogens is 232 g/mol. The van der Waals surface area contributed by atoms with E-state index in [1.165, 1.54) is 4.88 Å². The quantitative estimate of drug-likeness (QED) is 0.883. The maximum atomic E-state index is 5.14. The van der Waals surface area contributed by atoms with Gasteiger partial charge in [-0.05, 0) is 7.05 Å². The van der Waals surface area contributed by atoms with E-state index in [0.29, 0.717) is 6.61 Å². The molecule has 0 amide bonds. The van der Waals surface area contributed by atoms with E-state index < -0.39 is 0 Å². The highest BCUT2D eigenvalue weighted by molar-refractivity contribution is 7.12. The smallest absolute Gasteiger partial charge is 0.119 e. The van der Waals surface area contributed by atoms with E-state index in [4.69, 9.17) is 4.74 Å². The minimum Gasteiger partial charge on any atom is -0.378 e. The maximum absolute atomic E-state index is 5.14. The molecular formula is C13H16N2OS. The van der Waals surface area contributed by atoms with Gasteiger partial charge in [0, 0.05) is 24.1 Å². The molecule has 0 unspecified atom stereocenters. The average molecular weight is 248 g/mol. The van der Waals surface area contributed by atoms with Crippen LogP contribution in [0.2, 0.25) is 0 Å². The van der Waals surface area contributed by atoms with E-state index >= 15 is 0 Å². The number of aromatic nitrogens is 1. The zero-order valence-corrected chi connectivity index (χ0v) is 10.9. The molecule has 90 valence electrons. The van der Waals surface area contributed by atoms with E-state index in [1.807, 2.05) is 25.2 Å². The van der Waals surface area contributed by atoms with Crippen LogP contribution in [0.4, 0.5) is 0 Å². The van der Waals surface area contributed by atoms with Crippen molar-refractivity contribution >= 4 is 11.3 Å². The molecule has 0 spiro atoms. The Hall–Kier alpha value is -1.23. The lowest BCUT2D eigenvalue weighted by Gasteiger charge is -2.00. The highest BCUT2D eigenvalue weighted by Crippen LogP contribution is 2.28. The van der Waals surface area contributed by atoms with Gasteiger partial charge in [-0.15, -0.1) is 11.3 Å². The first-order chi connectivity index (χ1) is 8.35. The summed E-state index contributed by atoms with van der Waals surface area (Å²) in [7, 11) is 3.64. The van der Waals surface area contributed by atoms with E-state index in [9.17, 15) is 0 Å². The Kier molecular flexibility index (Phi) is 4.25. The average Bonchev–Trinajstić information content (AvgIpc) is 2.74. The Morgan fingerprint density at radius 3 is 2.71 bits per heavy atom. The number of benzene rings is 1. The van der Waals surface area contributed by atoms with Crippen LogP contribution in [0.5, 0.6) is 0 Å². The van der Waals surface area contributed by atoms with E-state index in [1.54, 1.807) is 18.4 Å². The van der Waals surface area contributed by atoms with Gasteiger partial charge < -0.3 is 10.1 Å². The molecule has 0 saturated heterocycles. The number of nitrogens with one attached hydrogen (secondary N) is 1. The standard InChI is InChI=1S/C13H16N2OS/c1-14-8-11-13(10-6-4-3-5-7-10)15-12(17-11)9-16-2/h3-7,14H,8-9H2,1-2H3. The molecule has 1 aromatic heterocycles. The van der Waals surface area contributed by atoms with Gasteiger partial charge in [0.2, 0.25) is 0 Å². The van der Waals surface area contributed by atoms with Crippen molar-refractivity contribution in [3.05, 3.63) is 40.2 Å². The highest BCUT2D eigenvalue weighted by Gasteiger charge is 2.11. The molecule has 17 heavy (non-hydrogen) atoms. The van der Waals surface area contributed by atoms with Gasteiger partial charge in [-0.2, -0.15) is 0 Å². The lowest BCUT2D eigenvalue weighted by atomic mass is 10.1. The third-order valence-electron chi connectivity index (χ3n) is 2.39. The van der Waals surface area contributed by atoms with Gasteiger partial charge in [-0.1, -0.05) is 30.3 Å². The molecule has 0 radical (unpaired) electrons. The molecule has 3 nitrogen and oxygen atoms in total. The van der Waals surface area contributed by atoms with Crippen molar-refractivity contribution < 1.29 is 4.74 Å². The molecule has 2 rings (SSSR count). The number of thiazole rings is 1. The van der Waals surface area contributed by atoms with Gasteiger partial charge in [0.25, 0.3) is 0 Å². The summed E-state index contributed by atoms with van der Waals surface area (Å²) in [4.78, 5) is 5.90. The van der Waals surface area contributed by atoms with Crippen molar-refractivity contribution in [2.75, 3.05) is 14.2 Å². The van der Waals surface area contributed by atoms with Crippen LogP contribution in [-0.4, -0.2) is 19.1 Å². The highest BCUT2D eigenvalue weighted by atomic mass is 32.1. The van der Waals surface area contributed by atoms with Crippen molar-refractivity contribution in [1.29, 1.82) is 0 Å². The molecule has 0 aliphatic rings. The summed E-state index contributed by atoms with van der Waals surface area (Å²) in [6.07, 6.45) is 0. The van der Waals surface area contributed by atoms with Gasteiger partial charge in [-0.25, -0.2) is 4.98 Å². The Bertz CT molecular complexity index is 468. The second-order valence-electron chi connectivity index (χ2n) is 3.71. The molecule has 0 aliphatic carbocycles. The third kappa shape index (κ3) is 2.91. The maximum Gasteiger partial charge on any atom is 0.119 e. The van der Waals surface area contributed by atoms with Crippen molar-refractivity contribution in [3.8, 4) is 11.3 Å². The topological polar surface area (TPSA) is 34.1 Å². The molecule has 0 aliphatic heterocycles. The SMILES string of the molecule is CNCc1sc(COC)nc1-c1ccccc1. The summed E-state index contributed by atoms with van der Waals surface area (Å²) >= 11 is 1.70. The molecule has 1 heterocycles. The second-order valence-corrected chi connectivity index (χ2v) is 4.88. The minimum atomic E-state index is 0.578. The molecule has 0 bridgehead atoms. The number of rotatable bonds is 5. The largest absolute Gasteiger partial charge is 0.378 e. The summed E-state index contributed by atoms with van der Waals surface area (Å²) in [5, 5.41) is 4.20. The van der Waals surface area contributed by atoms with Gasteiger partial charge in [-0.3, -0.25) is 0 Å². The Balaban J connectivity index is 2.37. The monoisotopic (exact) mass is 248 g/mol. The van der Waals surface area contributed by atoms with Crippen LogP contribution >= 0.6 is 11.3 Å². The van der Waals surface area contributed by atoms with Gasteiger partial charge >= 0.3 is 0 Å². The van der Waals surface area contributed by atoms with Crippen molar-refractivity contribution in [2.45, 2.75) is 13.2 Å². The van der Waals surface area contributed by atoms with Crippen molar-refractivity contribution in [1.82, 2.24) is 10.3 Å². The van der Waals surface area contributed by atoms with Crippen molar-refractivity contribution in [2.24, 2.45) is 0 Å². The van der Waals surface area contributed by atoms with E-state index in [0.717, 1.165) is 22.8 Å². The Morgan fingerprint density at radius 1 is 1.29 bits per heavy atom. The van der Waals surface area contributed by atoms with Gasteiger partial charge in [0.15, 0.2) is 0 Å². The molecule has 4 heteroatoms. The fourth-order valence-electron chi connectivity index (χ4n) is 1.69. The number of nitrogens with zero attached hydrogens (tertiary/aromatic N) is 1. The Labute approximate surface area is 105 Å². The van der Waals surface area contributed by atoms with Crippen LogP contribution in [0.1, 0.15) is 9.88 Å². The third-order valence-corrected chi connectivity index (χ3v) is 3.42. The van der Waals surface area contributed by atoms with Crippen LogP contribution in [0.25, 0.3) is 11.3 Å². The molecule has 0 atom stereocenters. The number of ether oxygens (including phenoxy) is 1. The first kappa shape index (κ1) is 12.2. The summed E-state index contributed by atoms with van der Waals surface area (Å²) < 4.78 is 5.14. The predicted molar refractivity (Wildman–Crippen MR) is 71.0 cm³/mol. The molecule has 1 aromatic carbocycles. The molecule has 0 saturated carbocycles. The van der Waals surface area contributed by atoms with E-state index in [2.05, 4.69) is 22.4 Å². The van der Waals surface area contributed by atoms with Crippen LogP contribution < -0.4 is 5.32 Å². The van der Waals surface area contributed by atoms with Gasteiger partial charge in [0.05, 0.1) is 12.3 Å².